The molecule has 0 saturated heterocycles. The van der Waals surface area contributed by atoms with Crippen molar-refractivity contribution >= 4 is 45.5 Å². The molecule has 1 atom stereocenters. The summed E-state index contributed by atoms with van der Waals surface area (Å²) in [5, 5.41) is 0. The van der Waals surface area contributed by atoms with E-state index in [4.69, 9.17) is 0 Å². The van der Waals surface area contributed by atoms with Crippen LogP contribution in [0.4, 0.5) is 45.5 Å². The van der Waals surface area contributed by atoms with Crippen LogP contribution in [0.5, 0.6) is 0 Å². The van der Waals surface area contributed by atoms with E-state index in [1.807, 2.05) is 0 Å². The van der Waals surface area contributed by atoms with Crippen LogP contribution in [-0.2, 0) is 0 Å². The van der Waals surface area contributed by atoms with Crippen molar-refractivity contribution in [2.45, 2.75) is 54.0 Å². The van der Waals surface area contributed by atoms with Crippen LogP contribution in [0.3, 0.4) is 0 Å². The van der Waals surface area contributed by atoms with Gasteiger partial charge in [0.15, 0.2) is 0 Å². The molecule has 0 N–H and O–H groups in total. The molecular weight excluding hydrogens is 619 g/mol. The second kappa shape index (κ2) is 14.6. The predicted molar refractivity (Wildman–Crippen MR) is 219 cm³/mol. The SMILES string of the molecule is CC1=CCC(N(c2ccc(C)cc2)c2cc(N(c3ccc(C)cc3)c3ccc(C)cc3)cc(N(c3ccc(C)cc3)c3ccc(C)cc3)c2)C=C1. The molecular formula is C48H47N3. The largest absolute Gasteiger partial charge is 0.334 e. The first-order valence-electron chi connectivity index (χ1n) is 17.9. The molecule has 1 aliphatic rings. The van der Waals surface area contributed by atoms with E-state index in [2.05, 4.69) is 214 Å². The standard InChI is InChI=1S/C48H47N3/c1-34-7-19-40(20-8-34)49(41-21-9-35(2)10-22-41)46-31-47(50(42-23-11-36(3)12-24-42)43-25-13-37(4)14-26-43)33-48(32-46)51(44-27-15-38(5)16-28-44)45-29-17-39(6)18-30-45/h7-29,31-33,45H,30H2,1-6H3. The molecule has 0 heterocycles. The minimum Gasteiger partial charge on any atom is -0.334 e. The number of rotatable bonds is 9. The van der Waals surface area contributed by atoms with Gasteiger partial charge in [-0.3, -0.25) is 0 Å². The van der Waals surface area contributed by atoms with E-state index in [0.29, 0.717) is 0 Å². The van der Waals surface area contributed by atoms with Crippen LogP contribution in [0.15, 0.2) is 163 Å². The summed E-state index contributed by atoms with van der Waals surface area (Å²) >= 11 is 0. The van der Waals surface area contributed by atoms with Crippen molar-refractivity contribution in [1.29, 1.82) is 0 Å². The number of anilines is 8. The van der Waals surface area contributed by atoms with Gasteiger partial charge in [0.25, 0.3) is 0 Å². The van der Waals surface area contributed by atoms with Crippen LogP contribution in [-0.4, -0.2) is 6.04 Å². The van der Waals surface area contributed by atoms with Gasteiger partial charge in [0.05, 0.1) is 17.4 Å². The predicted octanol–water partition coefficient (Wildman–Crippen LogP) is 13.6. The average molecular weight is 666 g/mol. The molecule has 6 aromatic carbocycles. The summed E-state index contributed by atoms with van der Waals surface area (Å²) in [5.41, 5.74) is 16.4. The molecule has 0 amide bonds. The number of hydrogen-bond donors (Lipinski definition) is 0. The molecule has 0 saturated carbocycles. The number of hydrogen-bond acceptors (Lipinski definition) is 3. The highest BCUT2D eigenvalue weighted by atomic mass is 15.2. The Bertz CT molecular complexity index is 1950. The summed E-state index contributed by atoms with van der Waals surface area (Å²) in [4.78, 5) is 7.29. The number of allylic oxidation sites excluding steroid dienone is 2. The summed E-state index contributed by atoms with van der Waals surface area (Å²) in [6.07, 6.45) is 7.90. The van der Waals surface area contributed by atoms with Crippen LogP contribution in [0.25, 0.3) is 0 Å². The van der Waals surface area contributed by atoms with Crippen molar-refractivity contribution in [3.8, 4) is 0 Å². The maximum Gasteiger partial charge on any atom is 0.0560 e. The topological polar surface area (TPSA) is 9.72 Å². The molecule has 1 aliphatic carbocycles. The van der Waals surface area contributed by atoms with E-state index in [1.165, 1.54) is 39.1 Å². The van der Waals surface area contributed by atoms with E-state index in [9.17, 15) is 0 Å². The first-order valence-corrected chi connectivity index (χ1v) is 17.9. The molecule has 0 aliphatic heterocycles. The monoisotopic (exact) mass is 665 g/mol. The summed E-state index contributed by atoms with van der Waals surface area (Å²) in [5.74, 6) is 0. The van der Waals surface area contributed by atoms with Crippen LogP contribution < -0.4 is 14.7 Å². The van der Waals surface area contributed by atoms with E-state index in [-0.39, 0.29) is 6.04 Å². The Morgan fingerprint density at radius 3 is 1.00 bits per heavy atom. The van der Waals surface area contributed by atoms with Gasteiger partial charge in [0.2, 0.25) is 0 Å². The second-order valence-electron chi connectivity index (χ2n) is 14.0. The van der Waals surface area contributed by atoms with Gasteiger partial charge >= 0.3 is 0 Å². The Hall–Kier alpha value is -5.80. The molecule has 1 unspecified atom stereocenters. The van der Waals surface area contributed by atoms with Crippen molar-refractivity contribution in [2.75, 3.05) is 14.7 Å². The smallest absolute Gasteiger partial charge is 0.0560 e. The lowest BCUT2D eigenvalue weighted by atomic mass is 10.00. The first-order chi connectivity index (χ1) is 24.7. The Labute approximate surface area is 304 Å². The zero-order chi connectivity index (χ0) is 35.5. The Kier molecular flexibility index (Phi) is 9.63. The highest BCUT2D eigenvalue weighted by molar-refractivity contribution is 5.87. The van der Waals surface area contributed by atoms with Crippen molar-refractivity contribution < 1.29 is 0 Å². The number of benzene rings is 6. The highest BCUT2D eigenvalue weighted by Crippen LogP contribution is 2.45. The Morgan fingerprint density at radius 2 is 0.686 bits per heavy atom. The lowest BCUT2D eigenvalue weighted by Crippen LogP contribution is -2.30. The summed E-state index contributed by atoms with van der Waals surface area (Å²) in [6, 6.07) is 51.6. The molecule has 6 aromatic rings. The van der Waals surface area contributed by atoms with Crippen LogP contribution >= 0.6 is 0 Å². The number of nitrogens with zero attached hydrogens (tertiary/aromatic N) is 3. The van der Waals surface area contributed by atoms with Gasteiger partial charge < -0.3 is 14.7 Å². The van der Waals surface area contributed by atoms with E-state index in [1.54, 1.807) is 0 Å². The lowest BCUT2D eigenvalue weighted by Gasteiger charge is -2.36. The van der Waals surface area contributed by atoms with E-state index in [0.717, 1.165) is 46.2 Å². The molecule has 0 fully saturated rings. The van der Waals surface area contributed by atoms with Gasteiger partial charge in [0, 0.05) is 34.1 Å². The van der Waals surface area contributed by atoms with Crippen molar-refractivity contribution in [2.24, 2.45) is 0 Å². The minimum atomic E-state index is 0.152. The quantitative estimate of drug-likeness (QED) is 0.152. The highest BCUT2D eigenvalue weighted by Gasteiger charge is 2.25. The van der Waals surface area contributed by atoms with Crippen LogP contribution in [0, 0.1) is 34.6 Å². The fourth-order valence-corrected chi connectivity index (χ4v) is 6.79. The summed E-state index contributed by atoms with van der Waals surface area (Å²) in [6.45, 7) is 12.9. The second-order valence-corrected chi connectivity index (χ2v) is 14.0. The number of aryl methyl sites for hydroxylation is 5. The fraction of sp³-hybridized carbons (Fsp3) is 0.167. The molecule has 51 heavy (non-hydrogen) atoms. The molecule has 7 rings (SSSR count). The Balaban J connectivity index is 1.52. The summed E-state index contributed by atoms with van der Waals surface area (Å²) < 4.78 is 0. The van der Waals surface area contributed by atoms with Crippen molar-refractivity contribution in [1.82, 2.24) is 0 Å². The fourth-order valence-electron chi connectivity index (χ4n) is 6.79. The van der Waals surface area contributed by atoms with Gasteiger partial charge in [-0.1, -0.05) is 112 Å². The molecule has 0 radical (unpaired) electrons. The van der Waals surface area contributed by atoms with Gasteiger partial charge in [-0.15, -0.1) is 0 Å². The van der Waals surface area contributed by atoms with Crippen LogP contribution in [0.2, 0.25) is 0 Å². The molecule has 3 nitrogen and oxygen atoms in total. The van der Waals surface area contributed by atoms with Gasteiger partial charge in [0.1, 0.15) is 0 Å². The van der Waals surface area contributed by atoms with Gasteiger partial charge in [-0.05, 0) is 127 Å². The maximum atomic E-state index is 2.51. The zero-order valence-corrected chi connectivity index (χ0v) is 30.6. The zero-order valence-electron chi connectivity index (χ0n) is 30.6. The van der Waals surface area contributed by atoms with Crippen molar-refractivity contribution in [3.05, 3.63) is 191 Å². The molecule has 0 spiro atoms. The third kappa shape index (κ3) is 7.54. The molecule has 0 bridgehead atoms. The third-order valence-corrected chi connectivity index (χ3v) is 9.76. The van der Waals surface area contributed by atoms with Crippen LogP contribution in [0.1, 0.15) is 41.2 Å². The van der Waals surface area contributed by atoms with E-state index < -0.39 is 0 Å². The Morgan fingerprint density at radius 1 is 0.373 bits per heavy atom. The first kappa shape index (κ1) is 33.7. The molecule has 254 valence electrons. The summed E-state index contributed by atoms with van der Waals surface area (Å²) in [7, 11) is 0. The van der Waals surface area contributed by atoms with Gasteiger partial charge in [-0.2, -0.15) is 0 Å². The average Bonchev–Trinajstić information content (AvgIpc) is 3.13. The third-order valence-electron chi connectivity index (χ3n) is 9.76. The van der Waals surface area contributed by atoms with E-state index >= 15 is 0 Å². The molecule has 3 heteroatoms. The lowest BCUT2D eigenvalue weighted by molar-refractivity contribution is 0.779. The minimum absolute atomic E-state index is 0.152. The van der Waals surface area contributed by atoms with Crippen molar-refractivity contribution in [3.63, 3.8) is 0 Å². The van der Waals surface area contributed by atoms with Gasteiger partial charge in [-0.25, -0.2) is 0 Å². The molecule has 0 aromatic heterocycles. The maximum absolute atomic E-state index is 2.51. The normalized spacial score (nSPS) is 13.8.